The molecule has 0 bridgehead atoms. The van der Waals surface area contributed by atoms with E-state index in [0.717, 1.165) is 29.5 Å². The van der Waals surface area contributed by atoms with Crippen molar-refractivity contribution >= 4 is 58.1 Å². The van der Waals surface area contributed by atoms with Gasteiger partial charge in [0.15, 0.2) is 0 Å². The van der Waals surface area contributed by atoms with Gasteiger partial charge in [-0.2, -0.15) is 0 Å². The molecule has 0 spiro atoms. The number of nitrogens with zero attached hydrogens (tertiary/aromatic N) is 1. The number of hydrogen-bond acceptors (Lipinski definition) is 4. The standard InChI is InChI=1S/C16H14Cl2N2O3S/c17-11-3-1-2-10(13(11)18)8-12-15(22)20(16(23)24-12)7-6-19-14(21)9-4-5-9/h1-3,8-9H,4-7H2,(H,19,21)/b12-8-. The largest absolute Gasteiger partial charge is 0.354 e. The van der Waals surface area contributed by atoms with Crippen molar-refractivity contribution in [3.8, 4) is 0 Å². The molecule has 0 unspecified atom stereocenters. The van der Waals surface area contributed by atoms with Crippen LogP contribution in [0.3, 0.4) is 0 Å². The molecule has 3 rings (SSSR count). The summed E-state index contributed by atoms with van der Waals surface area (Å²) in [7, 11) is 0. The summed E-state index contributed by atoms with van der Waals surface area (Å²) in [6.07, 6.45) is 3.38. The second-order valence-corrected chi connectivity index (χ2v) is 7.32. The Kier molecular flexibility index (Phi) is 5.18. The van der Waals surface area contributed by atoms with Gasteiger partial charge < -0.3 is 5.32 Å². The third kappa shape index (κ3) is 3.77. The minimum absolute atomic E-state index is 0.0109. The van der Waals surface area contributed by atoms with Gasteiger partial charge in [-0.15, -0.1) is 0 Å². The number of carbonyl (C=O) groups is 3. The predicted octanol–water partition coefficient (Wildman–Crippen LogP) is 3.56. The molecule has 1 heterocycles. The Morgan fingerprint density at radius 3 is 2.79 bits per heavy atom. The molecule has 0 radical (unpaired) electrons. The molecular formula is C16H14Cl2N2O3S. The SMILES string of the molecule is O=C(NCCN1C(=O)S/C(=C\c2cccc(Cl)c2Cl)C1=O)C1CC1. The van der Waals surface area contributed by atoms with Crippen LogP contribution >= 0.6 is 35.0 Å². The third-order valence-corrected chi connectivity index (χ3v) is 5.47. The Morgan fingerprint density at radius 1 is 1.33 bits per heavy atom. The molecule has 5 nitrogen and oxygen atoms in total. The highest BCUT2D eigenvalue weighted by Gasteiger charge is 2.35. The molecule has 1 aliphatic carbocycles. The summed E-state index contributed by atoms with van der Waals surface area (Å²) in [5, 5.41) is 3.10. The fourth-order valence-electron chi connectivity index (χ4n) is 2.25. The summed E-state index contributed by atoms with van der Waals surface area (Å²) in [6, 6.07) is 5.09. The number of nitrogens with one attached hydrogen (secondary N) is 1. The topological polar surface area (TPSA) is 66.5 Å². The van der Waals surface area contributed by atoms with Crippen LogP contribution in [0.4, 0.5) is 4.79 Å². The second-order valence-electron chi connectivity index (χ2n) is 5.54. The summed E-state index contributed by atoms with van der Waals surface area (Å²) in [5.74, 6) is -0.297. The van der Waals surface area contributed by atoms with Crippen LogP contribution in [0.15, 0.2) is 23.1 Å². The third-order valence-electron chi connectivity index (χ3n) is 3.72. The lowest BCUT2D eigenvalue weighted by atomic mass is 10.2. The van der Waals surface area contributed by atoms with Gasteiger partial charge in [0.1, 0.15) is 0 Å². The number of amides is 3. The maximum atomic E-state index is 12.4. The first-order valence-corrected chi connectivity index (χ1v) is 9.01. The molecule has 1 aromatic carbocycles. The molecule has 3 amide bonds. The zero-order valence-electron chi connectivity index (χ0n) is 12.6. The number of carbonyl (C=O) groups excluding carboxylic acids is 3. The van der Waals surface area contributed by atoms with Crippen LogP contribution in [0.25, 0.3) is 6.08 Å². The lowest BCUT2D eigenvalue weighted by Gasteiger charge is -2.12. The Bertz CT molecular complexity index is 747. The van der Waals surface area contributed by atoms with Gasteiger partial charge in [0.25, 0.3) is 11.1 Å². The van der Waals surface area contributed by atoms with Crippen LogP contribution in [-0.4, -0.2) is 35.0 Å². The van der Waals surface area contributed by atoms with Crippen molar-refractivity contribution in [3.63, 3.8) is 0 Å². The highest BCUT2D eigenvalue weighted by Crippen LogP contribution is 2.35. The molecular weight excluding hydrogens is 371 g/mol. The lowest BCUT2D eigenvalue weighted by molar-refractivity contribution is -0.124. The monoisotopic (exact) mass is 384 g/mol. The normalized spacial score (nSPS) is 19.2. The van der Waals surface area contributed by atoms with E-state index in [4.69, 9.17) is 23.2 Å². The predicted molar refractivity (Wildman–Crippen MR) is 94.9 cm³/mol. The van der Waals surface area contributed by atoms with E-state index < -0.39 is 0 Å². The molecule has 0 atom stereocenters. The van der Waals surface area contributed by atoms with Gasteiger partial charge in [-0.25, -0.2) is 0 Å². The molecule has 126 valence electrons. The minimum Gasteiger partial charge on any atom is -0.354 e. The van der Waals surface area contributed by atoms with Gasteiger partial charge in [0.05, 0.1) is 15.0 Å². The van der Waals surface area contributed by atoms with E-state index in [2.05, 4.69) is 5.32 Å². The summed E-state index contributed by atoms with van der Waals surface area (Å²) in [6.45, 7) is 0.419. The zero-order chi connectivity index (χ0) is 17.3. The van der Waals surface area contributed by atoms with E-state index in [-0.39, 0.29) is 41.0 Å². The van der Waals surface area contributed by atoms with Crippen LogP contribution in [0.5, 0.6) is 0 Å². The number of imide groups is 1. The molecule has 24 heavy (non-hydrogen) atoms. The molecule has 2 aliphatic rings. The van der Waals surface area contributed by atoms with Crippen molar-refractivity contribution in [1.29, 1.82) is 0 Å². The van der Waals surface area contributed by atoms with Gasteiger partial charge in [-0.05, 0) is 42.3 Å². The Hall–Kier alpha value is -1.50. The summed E-state index contributed by atoms with van der Waals surface area (Å²) in [5.41, 5.74) is 0.580. The Balaban J connectivity index is 1.65. The second kappa shape index (κ2) is 7.17. The van der Waals surface area contributed by atoms with E-state index in [1.165, 1.54) is 0 Å². The fraction of sp³-hybridized carbons (Fsp3) is 0.312. The van der Waals surface area contributed by atoms with E-state index in [0.29, 0.717) is 15.6 Å². The first-order chi connectivity index (χ1) is 11.5. The minimum atomic E-state index is -0.387. The van der Waals surface area contributed by atoms with Crippen molar-refractivity contribution in [2.75, 3.05) is 13.1 Å². The number of thioether (sulfide) groups is 1. The van der Waals surface area contributed by atoms with E-state index in [1.54, 1.807) is 24.3 Å². The summed E-state index contributed by atoms with van der Waals surface area (Å²) < 4.78 is 0. The Morgan fingerprint density at radius 2 is 2.08 bits per heavy atom. The molecule has 0 aromatic heterocycles. The number of rotatable bonds is 5. The van der Waals surface area contributed by atoms with Crippen LogP contribution in [0, 0.1) is 5.92 Å². The molecule has 8 heteroatoms. The number of halogens is 2. The molecule has 1 saturated heterocycles. The van der Waals surface area contributed by atoms with Crippen molar-refractivity contribution < 1.29 is 14.4 Å². The molecule has 1 saturated carbocycles. The zero-order valence-corrected chi connectivity index (χ0v) is 14.9. The van der Waals surface area contributed by atoms with E-state index in [1.807, 2.05) is 0 Å². The average molecular weight is 385 g/mol. The van der Waals surface area contributed by atoms with Gasteiger partial charge in [-0.3, -0.25) is 19.3 Å². The van der Waals surface area contributed by atoms with Crippen LogP contribution < -0.4 is 5.32 Å². The van der Waals surface area contributed by atoms with Gasteiger partial charge in [-0.1, -0.05) is 35.3 Å². The van der Waals surface area contributed by atoms with Crippen LogP contribution in [0.1, 0.15) is 18.4 Å². The van der Waals surface area contributed by atoms with Crippen molar-refractivity contribution in [2.24, 2.45) is 5.92 Å². The molecule has 1 aromatic rings. The van der Waals surface area contributed by atoms with Gasteiger partial charge >= 0.3 is 0 Å². The molecule has 2 fully saturated rings. The van der Waals surface area contributed by atoms with Gasteiger partial charge in [0.2, 0.25) is 5.91 Å². The first kappa shape index (κ1) is 17.3. The summed E-state index contributed by atoms with van der Waals surface area (Å²) >= 11 is 12.9. The Labute approximate surface area is 153 Å². The summed E-state index contributed by atoms with van der Waals surface area (Å²) in [4.78, 5) is 37.4. The maximum absolute atomic E-state index is 12.4. The van der Waals surface area contributed by atoms with Crippen molar-refractivity contribution in [2.45, 2.75) is 12.8 Å². The smallest absolute Gasteiger partial charge is 0.293 e. The number of hydrogen-bond donors (Lipinski definition) is 1. The first-order valence-electron chi connectivity index (χ1n) is 7.44. The lowest BCUT2D eigenvalue weighted by Crippen LogP contribution is -2.37. The number of benzene rings is 1. The van der Waals surface area contributed by atoms with Gasteiger partial charge in [0, 0.05) is 19.0 Å². The molecule has 1 N–H and O–H groups in total. The van der Waals surface area contributed by atoms with Crippen LogP contribution in [-0.2, 0) is 9.59 Å². The quantitative estimate of drug-likeness (QED) is 0.788. The highest BCUT2D eigenvalue weighted by molar-refractivity contribution is 8.18. The van der Waals surface area contributed by atoms with Crippen molar-refractivity contribution in [3.05, 3.63) is 38.7 Å². The average Bonchev–Trinajstić information content (AvgIpc) is 3.35. The molecule has 1 aliphatic heterocycles. The highest BCUT2D eigenvalue weighted by atomic mass is 35.5. The fourth-order valence-corrected chi connectivity index (χ4v) is 3.47. The van der Waals surface area contributed by atoms with E-state index in [9.17, 15) is 14.4 Å². The maximum Gasteiger partial charge on any atom is 0.293 e. The van der Waals surface area contributed by atoms with Crippen molar-refractivity contribution in [1.82, 2.24) is 10.2 Å². The van der Waals surface area contributed by atoms with Crippen LogP contribution in [0.2, 0.25) is 10.0 Å². The van der Waals surface area contributed by atoms with E-state index >= 15 is 0 Å².